The molecule has 0 unspecified atom stereocenters. The fourth-order valence-electron chi connectivity index (χ4n) is 1.37. The van der Waals surface area contributed by atoms with Crippen LogP contribution in [0.5, 0.6) is 0 Å². The van der Waals surface area contributed by atoms with Crippen LogP contribution in [0.4, 0.5) is 4.39 Å². The summed E-state index contributed by atoms with van der Waals surface area (Å²) < 4.78 is 17.7. The standard InChI is InChI=1S/C11H11FN4O2/c1-7-15-10(18-16-7)3-5-14-11(17)8-2-4-13-9(12)6-8/h2,4,6H,3,5H2,1H3,(H,14,17). The minimum atomic E-state index is -0.685. The summed E-state index contributed by atoms with van der Waals surface area (Å²) in [5.41, 5.74) is 0.226. The maximum atomic E-state index is 12.8. The lowest BCUT2D eigenvalue weighted by Gasteiger charge is -2.02. The van der Waals surface area contributed by atoms with Gasteiger partial charge in [-0.2, -0.15) is 9.37 Å². The van der Waals surface area contributed by atoms with Crippen LogP contribution in [-0.4, -0.2) is 27.6 Å². The van der Waals surface area contributed by atoms with Crippen molar-refractivity contribution >= 4 is 5.91 Å². The molecule has 0 saturated heterocycles. The summed E-state index contributed by atoms with van der Waals surface area (Å²) in [5, 5.41) is 6.25. The van der Waals surface area contributed by atoms with Crippen LogP contribution < -0.4 is 5.32 Å². The molecule has 2 rings (SSSR count). The lowest BCUT2D eigenvalue weighted by atomic mass is 10.2. The Morgan fingerprint density at radius 2 is 2.39 bits per heavy atom. The highest BCUT2D eigenvalue weighted by molar-refractivity contribution is 5.93. The van der Waals surface area contributed by atoms with Crippen LogP contribution in [0.1, 0.15) is 22.1 Å². The van der Waals surface area contributed by atoms with Gasteiger partial charge in [0.05, 0.1) is 0 Å². The minimum absolute atomic E-state index is 0.226. The molecule has 94 valence electrons. The molecule has 0 bridgehead atoms. The Balaban J connectivity index is 1.85. The molecule has 7 heteroatoms. The third-order valence-corrected chi connectivity index (χ3v) is 2.18. The highest BCUT2D eigenvalue weighted by atomic mass is 19.1. The number of aryl methyl sites for hydroxylation is 1. The van der Waals surface area contributed by atoms with Crippen molar-refractivity contribution in [1.82, 2.24) is 20.4 Å². The summed E-state index contributed by atoms with van der Waals surface area (Å²) in [5.74, 6) is -0.0519. The summed E-state index contributed by atoms with van der Waals surface area (Å²) in [6.07, 6.45) is 1.67. The van der Waals surface area contributed by atoms with Crippen molar-refractivity contribution in [2.45, 2.75) is 13.3 Å². The lowest BCUT2D eigenvalue weighted by Crippen LogP contribution is -2.25. The molecule has 18 heavy (non-hydrogen) atoms. The number of rotatable bonds is 4. The zero-order valence-corrected chi connectivity index (χ0v) is 9.68. The summed E-state index contributed by atoms with van der Waals surface area (Å²) >= 11 is 0. The fraction of sp³-hybridized carbons (Fsp3) is 0.273. The van der Waals surface area contributed by atoms with E-state index in [2.05, 4.69) is 20.4 Å². The Bertz CT molecular complexity index is 555. The van der Waals surface area contributed by atoms with Gasteiger partial charge >= 0.3 is 0 Å². The van der Waals surface area contributed by atoms with Gasteiger partial charge in [0.15, 0.2) is 5.82 Å². The van der Waals surface area contributed by atoms with E-state index < -0.39 is 5.95 Å². The van der Waals surface area contributed by atoms with Crippen molar-refractivity contribution in [1.29, 1.82) is 0 Å². The Hall–Kier alpha value is -2.31. The second-order valence-corrected chi connectivity index (χ2v) is 3.61. The van der Waals surface area contributed by atoms with E-state index in [4.69, 9.17) is 4.52 Å². The van der Waals surface area contributed by atoms with Gasteiger partial charge in [0.2, 0.25) is 11.8 Å². The third kappa shape index (κ3) is 3.09. The molecule has 2 aromatic heterocycles. The van der Waals surface area contributed by atoms with Crippen molar-refractivity contribution in [3.63, 3.8) is 0 Å². The van der Waals surface area contributed by atoms with E-state index in [9.17, 15) is 9.18 Å². The molecule has 0 aliphatic carbocycles. The van der Waals surface area contributed by atoms with Crippen LogP contribution >= 0.6 is 0 Å². The molecule has 0 fully saturated rings. The predicted octanol–water partition coefficient (Wildman–Crippen LogP) is 0.885. The largest absolute Gasteiger partial charge is 0.352 e. The number of halogens is 1. The van der Waals surface area contributed by atoms with Crippen LogP contribution in [0.15, 0.2) is 22.9 Å². The van der Waals surface area contributed by atoms with E-state index >= 15 is 0 Å². The van der Waals surface area contributed by atoms with Crippen molar-refractivity contribution in [3.8, 4) is 0 Å². The molecule has 0 spiro atoms. The first-order valence-electron chi connectivity index (χ1n) is 5.34. The summed E-state index contributed by atoms with van der Waals surface area (Å²) in [4.78, 5) is 19.0. The number of hydrogen-bond donors (Lipinski definition) is 1. The van der Waals surface area contributed by atoms with Crippen molar-refractivity contribution < 1.29 is 13.7 Å². The molecular formula is C11H11FN4O2. The number of pyridine rings is 1. The van der Waals surface area contributed by atoms with Crippen molar-refractivity contribution in [2.24, 2.45) is 0 Å². The molecular weight excluding hydrogens is 239 g/mol. The zero-order valence-electron chi connectivity index (χ0n) is 9.68. The van der Waals surface area contributed by atoms with Gasteiger partial charge in [0.25, 0.3) is 5.91 Å². The molecule has 1 N–H and O–H groups in total. The molecule has 2 heterocycles. The Labute approximate surface area is 102 Å². The van der Waals surface area contributed by atoms with Crippen LogP contribution in [0, 0.1) is 12.9 Å². The van der Waals surface area contributed by atoms with Gasteiger partial charge in [-0.1, -0.05) is 5.16 Å². The van der Waals surface area contributed by atoms with Crippen LogP contribution in [0.2, 0.25) is 0 Å². The van der Waals surface area contributed by atoms with Gasteiger partial charge in [0, 0.05) is 30.8 Å². The highest BCUT2D eigenvalue weighted by Crippen LogP contribution is 2.00. The first kappa shape index (κ1) is 12.2. The van der Waals surface area contributed by atoms with E-state index in [1.54, 1.807) is 6.92 Å². The molecule has 2 aromatic rings. The topological polar surface area (TPSA) is 80.9 Å². The second kappa shape index (κ2) is 5.35. The molecule has 6 nitrogen and oxygen atoms in total. The van der Waals surface area contributed by atoms with Gasteiger partial charge < -0.3 is 9.84 Å². The molecule has 1 amide bonds. The lowest BCUT2D eigenvalue weighted by molar-refractivity contribution is 0.0952. The van der Waals surface area contributed by atoms with E-state index in [1.807, 2.05) is 0 Å². The molecule has 0 aliphatic rings. The number of hydrogen-bond acceptors (Lipinski definition) is 5. The smallest absolute Gasteiger partial charge is 0.251 e. The van der Waals surface area contributed by atoms with E-state index in [1.165, 1.54) is 12.3 Å². The van der Waals surface area contributed by atoms with E-state index in [-0.39, 0.29) is 11.5 Å². The first-order valence-corrected chi connectivity index (χ1v) is 5.34. The maximum Gasteiger partial charge on any atom is 0.251 e. The molecule has 0 aliphatic heterocycles. The van der Waals surface area contributed by atoms with E-state index in [0.29, 0.717) is 24.7 Å². The molecule has 0 saturated carbocycles. The summed E-state index contributed by atoms with van der Waals surface area (Å²) in [6.45, 7) is 2.05. The highest BCUT2D eigenvalue weighted by Gasteiger charge is 2.07. The number of nitrogens with zero attached hydrogens (tertiary/aromatic N) is 3. The summed E-state index contributed by atoms with van der Waals surface area (Å²) in [7, 11) is 0. The van der Waals surface area contributed by atoms with Crippen LogP contribution in [0.25, 0.3) is 0 Å². The normalized spacial score (nSPS) is 10.3. The van der Waals surface area contributed by atoms with Crippen molar-refractivity contribution in [3.05, 3.63) is 41.6 Å². The van der Waals surface area contributed by atoms with Gasteiger partial charge in [-0.05, 0) is 13.0 Å². The summed E-state index contributed by atoms with van der Waals surface area (Å²) in [6, 6.07) is 2.52. The predicted molar refractivity (Wildman–Crippen MR) is 59.3 cm³/mol. The maximum absolute atomic E-state index is 12.8. The van der Waals surface area contributed by atoms with Crippen molar-refractivity contribution in [2.75, 3.05) is 6.54 Å². The monoisotopic (exact) mass is 250 g/mol. The number of carbonyl (C=O) groups is 1. The molecule has 0 atom stereocenters. The molecule has 0 aromatic carbocycles. The average molecular weight is 250 g/mol. The van der Waals surface area contributed by atoms with Gasteiger partial charge in [-0.3, -0.25) is 4.79 Å². The SMILES string of the molecule is Cc1noc(CCNC(=O)c2ccnc(F)c2)n1. The van der Waals surface area contributed by atoms with Crippen LogP contribution in [0.3, 0.4) is 0 Å². The van der Waals surface area contributed by atoms with E-state index in [0.717, 1.165) is 6.07 Å². The minimum Gasteiger partial charge on any atom is -0.352 e. The Morgan fingerprint density at radius 3 is 3.06 bits per heavy atom. The number of carbonyl (C=O) groups excluding carboxylic acids is 1. The quantitative estimate of drug-likeness (QED) is 0.815. The molecule has 0 radical (unpaired) electrons. The Kier molecular flexibility index (Phi) is 3.61. The average Bonchev–Trinajstić information content (AvgIpc) is 2.75. The zero-order chi connectivity index (χ0) is 13.0. The fourth-order valence-corrected chi connectivity index (χ4v) is 1.37. The number of nitrogens with one attached hydrogen (secondary N) is 1. The first-order chi connectivity index (χ1) is 8.65. The second-order valence-electron chi connectivity index (χ2n) is 3.61. The number of aromatic nitrogens is 3. The van der Waals surface area contributed by atoms with Gasteiger partial charge in [-0.25, -0.2) is 4.98 Å². The van der Waals surface area contributed by atoms with Gasteiger partial charge in [0.1, 0.15) is 0 Å². The Morgan fingerprint density at radius 1 is 1.56 bits per heavy atom. The third-order valence-electron chi connectivity index (χ3n) is 2.18. The van der Waals surface area contributed by atoms with Gasteiger partial charge in [-0.15, -0.1) is 0 Å². The van der Waals surface area contributed by atoms with Crippen LogP contribution in [-0.2, 0) is 6.42 Å². The number of amides is 1.